The monoisotopic (exact) mass is 411 g/mol. The zero-order valence-electron chi connectivity index (χ0n) is 16.3. The van der Waals surface area contributed by atoms with E-state index in [1.807, 2.05) is 43.3 Å². The molecule has 4 rings (SSSR count). The quantitative estimate of drug-likeness (QED) is 0.565. The summed E-state index contributed by atoms with van der Waals surface area (Å²) in [5.74, 6) is 1.41. The van der Waals surface area contributed by atoms with Crippen molar-refractivity contribution in [3.8, 4) is 17.2 Å². The lowest BCUT2D eigenvalue weighted by Gasteiger charge is -2.24. The molecule has 150 valence electrons. The molecule has 0 saturated heterocycles. The first-order valence-corrected chi connectivity index (χ1v) is 9.99. The Morgan fingerprint density at radius 2 is 2.00 bits per heavy atom. The molecule has 1 aromatic heterocycles. The molecular formula is C22H22ClN3O3. The van der Waals surface area contributed by atoms with Gasteiger partial charge in [0.2, 0.25) is 11.8 Å². The van der Waals surface area contributed by atoms with Crippen molar-refractivity contribution >= 4 is 17.5 Å². The molecule has 0 spiro atoms. The Labute approximate surface area is 174 Å². The van der Waals surface area contributed by atoms with Gasteiger partial charge in [0.25, 0.3) is 5.91 Å². The molecule has 3 aromatic rings. The van der Waals surface area contributed by atoms with Crippen molar-refractivity contribution in [1.82, 2.24) is 15.1 Å². The van der Waals surface area contributed by atoms with Crippen molar-refractivity contribution < 1.29 is 13.9 Å². The maximum absolute atomic E-state index is 13.0. The number of hydrogen-bond donors (Lipinski definition) is 0. The smallest absolute Gasteiger partial charge is 0.264 e. The largest absolute Gasteiger partial charge is 0.481 e. The molecule has 1 fully saturated rings. The second kappa shape index (κ2) is 8.25. The van der Waals surface area contributed by atoms with Crippen molar-refractivity contribution in [2.75, 3.05) is 0 Å². The lowest BCUT2D eigenvalue weighted by atomic mass is 10.2. The number of nitrogens with zero attached hydrogens (tertiary/aromatic N) is 3. The first-order valence-electron chi connectivity index (χ1n) is 9.62. The van der Waals surface area contributed by atoms with Crippen LogP contribution in [0.15, 0.2) is 52.9 Å². The Kier molecular flexibility index (Phi) is 5.53. The van der Waals surface area contributed by atoms with Gasteiger partial charge in [-0.2, -0.15) is 0 Å². The summed E-state index contributed by atoms with van der Waals surface area (Å²) in [4.78, 5) is 14.8. The van der Waals surface area contributed by atoms with E-state index in [4.69, 9.17) is 20.8 Å². The van der Waals surface area contributed by atoms with Crippen LogP contribution in [-0.4, -0.2) is 33.2 Å². The zero-order chi connectivity index (χ0) is 20.4. The van der Waals surface area contributed by atoms with Gasteiger partial charge in [0.05, 0.1) is 6.54 Å². The van der Waals surface area contributed by atoms with Gasteiger partial charge < -0.3 is 14.1 Å². The Morgan fingerprint density at radius 3 is 2.69 bits per heavy atom. The third kappa shape index (κ3) is 4.77. The second-order valence-corrected chi connectivity index (χ2v) is 7.72. The molecule has 1 saturated carbocycles. The van der Waals surface area contributed by atoms with Crippen LogP contribution in [0.25, 0.3) is 11.5 Å². The predicted molar refractivity (Wildman–Crippen MR) is 110 cm³/mol. The van der Waals surface area contributed by atoms with Crippen LogP contribution in [0, 0.1) is 6.92 Å². The summed E-state index contributed by atoms with van der Waals surface area (Å²) in [6.45, 7) is 4.03. The molecule has 0 N–H and O–H groups in total. The van der Waals surface area contributed by atoms with Gasteiger partial charge in [-0.05, 0) is 68.7 Å². The Hall–Kier alpha value is -2.86. The van der Waals surface area contributed by atoms with Crippen LogP contribution in [-0.2, 0) is 11.3 Å². The van der Waals surface area contributed by atoms with Crippen LogP contribution in [0.1, 0.15) is 31.2 Å². The van der Waals surface area contributed by atoms with Crippen molar-refractivity contribution in [2.45, 2.75) is 45.4 Å². The minimum atomic E-state index is -0.601. The number of amides is 1. The average molecular weight is 412 g/mol. The van der Waals surface area contributed by atoms with E-state index in [2.05, 4.69) is 10.2 Å². The van der Waals surface area contributed by atoms with E-state index in [0.717, 1.165) is 24.0 Å². The minimum Gasteiger partial charge on any atom is -0.481 e. The van der Waals surface area contributed by atoms with Crippen LogP contribution in [0.3, 0.4) is 0 Å². The Bertz CT molecular complexity index is 999. The van der Waals surface area contributed by atoms with E-state index in [1.165, 1.54) is 0 Å². The van der Waals surface area contributed by atoms with Crippen LogP contribution in [0.2, 0.25) is 5.02 Å². The summed E-state index contributed by atoms with van der Waals surface area (Å²) < 4.78 is 11.7. The molecule has 29 heavy (non-hydrogen) atoms. The summed E-state index contributed by atoms with van der Waals surface area (Å²) >= 11 is 5.92. The van der Waals surface area contributed by atoms with Gasteiger partial charge in [-0.25, -0.2) is 0 Å². The zero-order valence-corrected chi connectivity index (χ0v) is 17.1. The molecule has 0 aliphatic heterocycles. The topological polar surface area (TPSA) is 68.5 Å². The number of carbonyl (C=O) groups excluding carboxylic acids is 1. The van der Waals surface area contributed by atoms with Gasteiger partial charge in [-0.3, -0.25) is 4.79 Å². The highest BCUT2D eigenvalue weighted by atomic mass is 35.5. The highest BCUT2D eigenvalue weighted by Crippen LogP contribution is 2.30. The van der Waals surface area contributed by atoms with Crippen molar-refractivity contribution in [1.29, 1.82) is 0 Å². The van der Waals surface area contributed by atoms with Gasteiger partial charge in [0, 0.05) is 16.6 Å². The molecule has 1 atom stereocenters. The molecule has 1 aliphatic carbocycles. The average Bonchev–Trinajstić information content (AvgIpc) is 3.44. The number of benzene rings is 2. The lowest BCUT2D eigenvalue weighted by molar-refractivity contribution is -0.139. The molecule has 0 bridgehead atoms. The standard InChI is InChI=1S/C22H22ClN3O3/c1-14-4-3-5-19(12-14)28-15(2)22(27)26(18-10-11-18)13-20-24-25-21(29-20)16-6-8-17(23)9-7-16/h3-9,12,15,18H,10-11,13H2,1-2H3. The summed E-state index contributed by atoms with van der Waals surface area (Å²) in [6.07, 6.45) is 1.35. The van der Waals surface area contributed by atoms with Gasteiger partial charge in [0.1, 0.15) is 5.75 Å². The highest BCUT2D eigenvalue weighted by Gasteiger charge is 2.36. The van der Waals surface area contributed by atoms with Gasteiger partial charge in [-0.15, -0.1) is 10.2 Å². The molecule has 1 aliphatic rings. The molecule has 1 amide bonds. The van der Waals surface area contributed by atoms with Crippen LogP contribution in [0.4, 0.5) is 0 Å². The van der Waals surface area contributed by atoms with Crippen molar-refractivity contribution in [3.05, 3.63) is 65.0 Å². The van der Waals surface area contributed by atoms with Crippen LogP contribution >= 0.6 is 11.6 Å². The fraction of sp³-hybridized carbons (Fsp3) is 0.318. The Morgan fingerprint density at radius 1 is 1.24 bits per heavy atom. The third-order valence-electron chi connectivity index (χ3n) is 4.78. The normalized spacial score (nSPS) is 14.4. The first-order chi connectivity index (χ1) is 14.0. The summed E-state index contributed by atoms with van der Waals surface area (Å²) in [7, 11) is 0. The molecule has 6 nitrogen and oxygen atoms in total. The maximum Gasteiger partial charge on any atom is 0.264 e. The lowest BCUT2D eigenvalue weighted by Crippen LogP contribution is -2.41. The number of rotatable bonds is 7. The maximum atomic E-state index is 13.0. The third-order valence-corrected chi connectivity index (χ3v) is 5.04. The van der Waals surface area contributed by atoms with Crippen molar-refractivity contribution in [3.63, 3.8) is 0 Å². The van der Waals surface area contributed by atoms with Gasteiger partial charge >= 0.3 is 0 Å². The summed E-state index contributed by atoms with van der Waals surface area (Å²) in [5.41, 5.74) is 1.87. The molecule has 0 radical (unpaired) electrons. The van der Waals surface area contributed by atoms with E-state index in [9.17, 15) is 4.79 Å². The van der Waals surface area contributed by atoms with E-state index < -0.39 is 6.10 Å². The molecule has 1 heterocycles. The number of carbonyl (C=O) groups is 1. The molecule has 7 heteroatoms. The number of hydrogen-bond acceptors (Lipinski definition) is 5. The van der Waals surface area contributed by atoms with E-state index in [-0.39, 0.29) is 18.5 Å². The van der Waals surface area contributed by atoms with Crippen molar-refractivity contribution in [2.24, 2.45) is 0 Å². The SMILES string of the molecule is Cc1cccc(OC(C)C(=O)N(Cc2nnc(-c3ccc(Cl)cc3)o2)C2CC2)c1. The number of ether oxygens (including phenoxy) is 1. The first kappa shape index (κ1) is 19.5. The second-order valence-electron chi connectivity index (χ2n) is 7.28. The summed E-state index contributed by atoms with van der Waals surface area (Å²) in [5, 5.41) is 8.86. The van der Waals surface area contributed by atoms with Gasteiger partial charge in [-0.1, -0.05) is 23.7 Å². The summed E-state index contributed by atoms with van der Waals surface area (Å²) in [6, 6.07) is 15.0. The number of aromatic nitrogens is 2. The number of halogens is 1. The fourth-order valence-corrected chi connectivity index (χ4v) is 3.25. The predicted octanol–water partition coefficient (Wildman–Crippen LogP) is 4.66. The minimum absolute atomic E-state index is 0.0831. The van der Waals surface area contributed by atoms with E-state index >= 15 is 0 Å². The fourth-order valence-electron chi connectivity index (χ4n) is 3.12. The molecule has 2 aromatic carbocycles. The Balaban J connectivity index is 1.45. The van der Waals surface area contributed by atoms with E-state index in [1.54, 1.807) is 24.0 Å². The number of aryl methyl sites for hydroxylation is 1. The molecular weight excluding hydrogens is 390 g/mol. The highest BCUT2D eigenvalue weighted by molar-refractivity contribution is 6.30. The van der Waals surface area contributed by atoms with E-state index in [0.29, 0.717) is 22.6 Å². The van der Waals surface area contributed by atoms with Gasteiger partial charge in [0.15, 0.2) is 6.10 Å². The van der Waals surface area contributed by atoms with Crippen LogP contribution < -0.4 is 4.74 Å². The molecule has 1 unspecified atom stereocenters. The van der Waals surface area contributed by atoms with Crippen LogP contribution in [0.5, 0.6) is 5.75 Å².